The third-order valence-corrected chi connectivity index (χ3v) is 3.09. The van der Waals surface area contributed by atoms with Crippen molar-refractivity contribution in [2.75, 3.05) is 47.2 Å². The predicted molar refractivity (Wildman–Crippen MR) is 86.8 cm³/mol. The second kappa shape index (κ2) is 11.2. The molecule has 0 atom stereocenters. The average Bonchev–Trinajstić information content (AvgIpc) is 2.61. The van der Waals surface area contributed by atoms with Crippen LogP contribution in [-0.4, -0.2) is 63.2 Å². The lowest BCUT2D eigenvalue weighted by Gasteiger charge is -2.13. The summed E-state index contributed by atoms with van der Waals surface area (Å²) in [6, 6.07) is 2.74. The van der Waals surface area contributed by atoms with Gasteiger partial charge in [0.2, 0.25) is 0 Å². The van der Waals surface area contributed by atoms with Crippen LogP contribution in [0, 0.1) is 10.1 Å². The van der Waals surface area contributed by atoms with Gasteiger partial charge in [0.05, 0.1) is 51.6 Å². The molecule has 0 aliphatic rings. The number of nitro groups is 1. The van der Waals surface area contributed by atoms with Gasteiger partial charge in [-0.15, -0.1) is 0 Å². The molecule has 2 N–H and O–H groups in total. The van der Waals surface area contributed by atoms with Crippen molar-refractivity contribution in [2.45, 2.75) is 6.54 Å². The molecule has 0 bridgehead atoms. The number of aliphatic hydroxyl groups excluding tert-OH is 1. The maximum Gasteiger partial charge on any atom is 0.319 e. The Kier molecular flexibility index (Phi) is 9.22. The maximum absolute atomic E-state index is 11.3. The summed E-state index contributed by atoms with van der Waals surface area (Å²) in [5.74, 6) is 0.0543. The second-order valence-corrected chi connectivity index (χ2v) is 4.75. The zero-order valence-electron chi connectivity index (χ0n) is 14.1. The van der Waals surface area contributed by atoms with Crippen LogP contribution in [0.1, 0.15) is 5.56 Å². The zero-order chi connectivity index (χ0) is 18.7. The largest absolute Gasteiger partial charge is 0.493 e. The molecule has 0 fully saturated rings. The van der Waals surface area contributed by atoms with Gasteiger partial charge in [-0.1, -0.05) is 0 Å². The van der Waals surface area contributed by atoms with E-state index in [1.165, 1.54) is 26.4 Å². The van der Waals surface area contributed by atoms with Gasteiger partial charge in [0, 0.05) is 12.1 Å². The van der Waals surface area contributed by atoms with Gasteiger partial charge in [0.25, 0.3) is 5.69 Å². The molecule has 1 rings (SSSR count). The van der Waals surface area contributed by atoms with Crippen LogP contribution in [-0.2, 0) is 20.8 Å². The minimum Gasteiger partial charge on any atom is -0.493 e. The molecule has 140 valence electrons. The van der Waals surface area contributed by atoms with E-state index < -0.39 is 10.9 Å². The van der Waals surface area contributed by atoms with E-state index in [9.17, 15) is 14.9 Å². The molecule has 1 aromatic rings. The normalized spacial score (nSPS) is 10.4. The van der Waals surface area contributed by atoms with Crippen molar-refractivity contribution >= 4 is 11.7 Å². The molecule has 0 aliphatic carbocycles. The molecule has 0 aromatic heterocycles. The van der Waals surface area contributed by atoms with Crippen molar-refractivity contribution in [3.63, 3.8) is 0 Å². The standard InChI is InChI=1S/C15H22N2O8/c1-22-13-7-11(9-16-10-15(19)23-2)12(17(20)21)8-14(13)25-6-5-24-4-3-18/h7-8,16,18H,3-6,9-10H2,1-2H3. The summed E-state index contributed by atoms with van der Waals surface area (Å²) in [7, 11) is 2.67. The Balaban J connectivity index is 2.84. The van der Waals surface area contributed by atoms with Crippen molar-refractivity contribution in [1.29, 1.82) is 0 Å². The lowest BCUT2D eigenvalue weighted by Crippen LogP contribution is -2.23. The first-order chi connectivity index (χ1) is 12.0. The monoisotopic (exact) mass is 358 g/mol. The van der Waals surface area contributed by atoms with Crippen LogP contribution in [0.25, 0.3) is 0 Å². The number of methoxy groups -OCH3 is 2. The van der Waals surface area contributed by atoms with E-state index in [-0.39, 0.29) is 51.0 Å². The van der Waals surface area contributed by atoms with Crippen molar-refractivity contribution in [2.24, 2.45) is 0 Å². The highest BCUT2D eigenvalue weighted by Crippen LogP contribution is 2.34. The highest BCUT2D eigenvalue weighted by atomic mass is 16.6. The molecular weight excluding hydrogens is 336 g/mol. The van der Waals surface area contributed by atoms with Crippen LogP contribution >= 0.6 is 0 Å². The fraction of sp³-hybridized carbons (Fsp3) is 0.533. The fourth-order valence-corrected chi connectivity index (χ4v) is 1.92. The number of aliphatic hydroxyl groups is 1. The van der Waals surface area contributed by atoms with E-state index >= 15 is 0 Å². The SMILES string of the molecule is COC(=O)CNCc1cc(OC)c(OCCOCCO)cc1[N+](=O)[O-]. The first-order valence-corrected chi connectivity index (χ1v) is 7.47. The molecule has 10 heteroatoms. The number of benzene rings is 1. The van der Waals surface area contributed by atoms with Gasteiger partial charge in [-0.05, 0) is 6.07 Å². The third kappa shape index (κ3) is 6.91. The first-order valence-electron chi connectivity index (χ1n) is 7.47. The molecule has 0 aliphatic heterocycles. The predicted octanol–water partition coefficient (Wildman–Crippen LogP) is 0.254. The third-order valence-electron chi connectivity index (χ3n) is 3.09. The Morgan fingerprint density at radius 2 is 2.00 bits per heavy atom. The van der Waals surface area contributed by atoms with E-state index in [0.29, 0.717) is 11.3 Å². The lowest BCUT2D eigenvalue weighted by atomic mass is 10.1. The van der Waals surface area contributed by atoms with Crippen LogP contribution in [0.4, 0.5) is 5.69 Å². The Morgan fingerprint density at radius 3 is 2.60 bits per heavy atom. The average molecular weight is 358 g/mol. The summed E-state index contributed by atoms with van der Waals surface area (Å²) in [6.45, 7) is 0.471. The smallest absolute Gasteiger partial charge is 0.319 e. The maximum atomic E-state index is 11.3. The number of carbonyl (C=O) groups is 1. The van der Waals surface area contributed by atoms with Crippen LogP contribution < -0.4 is 14.8 Å². The van der Waals surface area contributed by atoms with E-state index in [1.54, 1.807) is 0 Å². The second-order valence-electron chi connectivity index (χ2n) is 4.75. The Labute approximate surface area is 144 Å². The molecule has 10 nitrogen and oxygen atoms in total. The van der Waals surface area contributed by atoms with Crippen molar-refractivity contribution in [1.82, 2.24) is 5.32 Å². The summed E-state index contributed by atoms with van der Waals surface area (Å²) in [4.78, 5) is 21.8. The van der Waals surface area contributed by atoms with Gasteiger partial charge in [-0.2, -0.15) is 0 Å². The zero-order valence-corrected chi connectivity index (χ0v) is 14.1. The minimum atomic E-state index is -0.538. The molecule has 0 spiro atoms. The van der Waals surface area contributed by atoms with E-state index in [0.717, 1.165) is 0 Å². The number of rotatable bonds is 12. The highest BCUT2D eigenvalue weighted by molar-refractivity contribution is 5.71. The molecular formula is C15H22N2O8. The number of nitro benzene ring substituents is 1. The van der Waals surface area contributed by atoms with Crippen LogP contribution in [0.5, 0.6) is 11.5 Å². The van der Waals surface area contributed by atoms with Gasteiger partial charge in [0.15, 0.2) is 11.5 Å². The van der Waals surface area contributed by atoms with Crippen LogP contribution in [0.2, 0.25) is 0 Å². The summed E-state index contributed by atoms with van der Waals surface area (Å²) in [6.07, 6.45) is 0. The molecule has 0 saturated carbocycles. The van der Waals surface area contributed by atoms with E-state index in [2.05, 4.69) is 10.1 Å². The van der Waals surface area contributed by atoms with Gasteiger partial charge >= 0.3 is 5.97 Å². The van der Waals surface area contributed by atoms with E-state index in [4.69, 9.17) is 19.3 Å². The molecule has 1 aromatic carbocycles. The van der Waals surface area contributed by atoms with Crippen molar-refractivity contribution in [3.05, 3.63) is 27.8 Å². The minimum absolute atomic E-state index is 0.0730. The van der Waals surface area contributed by atoms with E-state index in [1.807, 2.05) is 0 Å². The summed E-state index contributed by atoms with van der Waals surface area (Å²) in [5.41, 5.74) is 0.180. The molecule has 0 saturated heterocycles. The number of nitrogens with one attached hydrogen (secondary N) is 1. The molecule has 0 unspecified atom stereocenters. The Bertz CT molecular complexity index is 579. The van der Waals surface area contributed by atoms with Gasteiger partial charge in [-0.3, -0.25) is 14.9 Å². The molecule has 25 heavy (non-hydrogen) atoms. The summed E-state index contributed by atoms with van der Waals surface area (Å²) < 4.78 is 20.2. The molecule has 0 heterocycles. The quantitative estimate of drug-likeness (QED) is 0.234. The number of hydrogen-bond donors (Lipinski definition) is 2. The van der Waals surface area contributed by atoms with Crippen molar-refractivity contribution in [3.8, 4) is 11.5 Å². The van der Waals surface area contributed by atoms with Crippen molar-refractivity contribution < 1.29 is 33.8 Å². The molecule has 0 radical (unpaired) electrons. The van der Waals surface area contributed by atoms with Gasteiger partial charge < -0.3 is 29.4 Å². The highest BCUT2D eigenvalue weighted by Gasteiger charge is 2.20. The van der Waals surface area contributed by atoms with Gasteiger partial charge in [0.1, 0.15) is 6.61 Å². The number of ether oxygens (including phenoxy) is 4. The van der Waals surface area contributed by atoms with Gasteiger partial charge in [-0.25, -0.2) is 0 Å². The number of nitrogens with zero attached hydrogens (tertiary/aromatic N) is 1. The van der Waals surface area contributed by atoms with Crippen LogP contribution in [0.15, 0.2) is 12.1 Å². The molecule has 0 amide bonds. The number of carbonyl (C=O) groups excluding carboxylic acids is 1. The Morgan fingerprint density at radius 1 is 1.24 bits per heavy atom. The number of esters is 1. The Hall–Kier alpha value is -2.43. The first kappa shape index (κ1) is 20.6. The van der Waals surface area contributed by atoms with Crippen LogP contribution in [0.3, 0.4) is 0 Å². The number of hydrogen-bond acceptors (Lipinski definition) is 9. The summed E-state index contributed by atoms with van der Waals surface area (Å²) >= 11 is 0. The lowest BCUT2D eigenvalue weighted by molar-refractivity contribution is -0.385. The fourth-order valence-electron chi connectivity index (χ4n) is 1.92. The topological polar surface area (TPSA) is 129 Å². The summed E-state index contributed by atoms with van der Waals surface area (Å²) in [5, 5.41) is 22.7.